The van der Waals surface area contributed by atoms with E-state index in [1.54, 1.807) is 6.08 Å². The van der Waals surface area contributed by atoms with Crippen LogP contribution < -0.4 is 0 Å². The molecule has 0 rings (SSSR count). The van der Waals surface area contributed by atoms with Crippen molar-refractivity contribution in [3.63, 3.8) is 0 Å². The third-order valence-electron chi connectivity index (χ3n) is 12.6. The second kappa shape index (κ2) is 56.1. The van der Waals surface area contributed by atoms with Crippen LogP contribution in [-0.4, -0.2) is 66.5 Å². The standard InChI is InChI=1S/C62H109O11P/c1-4-7-10-13-16-19-22-25-28-29-32-35-38-41-44-47-50-53-62(66)73-59(55-69-60(64)51-48-45-42-39-36-33-30-26-23-20-17-14-11-8-5-2)57-71-74(67,68)70-56-58(54-63)72-61(65)52-49-46-43-40-37-34-31-27-24-21-18-15-12-9-6-3/h8,11,17,20,25-26,28,30,36,39,45,48,58-59,63H,4-7,9-10,12-16,18-19,21-24,27,29,31-35,37-38,40-44,46-47,49-57H2,1-3H3,(H,67,68)/b11-8-,20-17-,28-25-,30-26-,39-36-,48-45-. The van der Waals surface area contributed by atoms with Gasteiger partial charge in [-0.05, 0) is 70.6 Å². The van der Waals surface area contributed by atoms with Gasteiger partial charge in [-0.25, -0.2) is 4.57 Å². The lowest BCUT2D eigenvalue weighted by Gasteiger charge is -2.21. The topological polar surface area (TPSA) is 155 Å². The molecule has 0 fully saturated rings. The molecule has 0 aliphatic rings. The van der Waals surface area contributed by atoms with Gasteiger partial charge in [0.15, 0.2) is 6.10 Å². The summed E-state index contributed by atoms with van der Waals surface area (Å²) in [7, 11) is -4.77. The highest BCUT2D eigenvalue weighted by Gasteiger charge is 2.28. The van der Waals surface area contributed by atoms with E-state index in [9.17, 15) is 28.9 Å². The minimum absolute atomic E-state index is 0.00663. The van der Waals surface area contributed by atoms with Crippen LogP contribution in [0.15, 0.2) is 72.9 Å². The summed E-state index contributed by atoms with van der Waals surface area (Å²) in [6.07, 6.45) is 63.1. The van der Waals surface area contributed by atoms with Gasteiger partial charge in [-0.2, -0.15) is 0 Å². The zero-order chi connectivity index (χ0) is 54.1. The number of aliphatic hydroxyl groups is 1. The smallest absolute Gasteiger partial charge is 0.461 e. The predicted octanol–water partition coefficient (Wildman–Crippen LogP) is 17.7. The van der Waals surface area contributed by atoms with E-state index in [1.165, 1.54) is 128 Å². The van der Waals surface area contributed by atoms with Crippen molar-refractivity contribution in [2.75, 3.05) is 26.4 Å². The van der Waals surface area contributed by atoms with Crippen LogP contribution in [0.3, 0.4) is 0 Å². The quantitative estimate of drug-likeness (QED) is 0.0197. The lowest BCUT2D eigenvalue weighted by atomic mass is 10.0. The van der Waals surface area contributed by atoms with Gasteiger partial charge in [0.05, 0.1) is 26.2 Å². The van der Waals surface area contributed by atoms with E-state index in [-0.39, 0.29) is 25.9 Å². The minimum Gasteiger partial charge on any atom is -0.461 e. The monoisotopic (exact) mass is 1060 g/mol. The number of carbonyl (C=O) groups is 3. The second-order valence-corrected chi connectivity index (χ2v) is 21.3. The van der Waals surface area contributed by atoms with E-state index in [0.29, 0.717) is 19.3 Å². The van der Waals surface area contributed by atoms with Crippen molar-refractivity contribution in [1.29, 1.82) is 0 Å². The zero-order valence-electron chi connectivity index (χ0n) is 47.3. The van der Waals surface area contributed by atoms with Crippen LogP contribution in [0.4, 0.5) is 0 Å². The number of phosphoric ester groups is 1. The highest BCUT2D eigenvalue weighted by atomic mass is 31.2. The van der Waals surface area contributed by atoms with Gasteiger partial charge in [-0.15, -0.1) is 0 Å². The highest BCUT2D eigenvalue weighted by molar-refractivity contribution is 7.47. The van der Waals surface area contributed by atoms with Crippen molar-refractivity contribution < 1.29 is 52.2 Å². The Morgan fingerprint density at radius 1 is 0.405 bits per heavy atom. The number of esters is 3. The highest BCUT2D eigenvalue weighted by Crippen LogP contribution is 2.43. The second-order valence-electron chi connectivity index (χ2n) is 19.8. The van der Waals surface area contributed by atoms with Crippen molar-refractivity contribution >= 4 is 25.7 Å². The average Bonchev–Trinajstić information content (AvgIpc) is 3.39. The molecule has 0 heterocycles. The van der Waals surface area contributed by atoms with Gasteiger partial charge in [0.1, 0.15) is 12.7 Å². The molecule has 0 amide bonds. The summed E-state index contributed by atoms with van der Waals surface area (Å²) in [5.74, 6) is -1.61. The maximum absolute atomic E-state index is 12.9. The molecule has 0 saturated carbocycles. The van der Waals surface area contributed by atoms with E-state index in [0.717, 1.165) is 77.0 Å². The van der Waals surface area contributed by atoms with E-state index in [1.807, 2.05) is 12.2 Å². The Labute approximate surface area is 452 Å². The summed E-state index contributed by atoms with van der Waals surface area (Å²) >= 11 is 0. The normalized spacial score (nSPS) is 13.9. The molecule has 0 bridgehead atoms. The Morgan fingerprint density at radius 2 is 0.743 bits per heavy atom. The van der Waals surface area contributed by atoms with Gasteiger partial charge in [0, 0.05) is 12.8 Å². The fourth-order valence-corrected chi connectivity index (χ4v) is 8.91. The van der Waals surface area contributed by atoms with Gasteiger partial charge < -0.3 is 24.2 Å². The molecular formula is C62H109O11P. The van der Waals surface area contributed by atoms with Crippen LogP contribution in [0.1, 0.15) is 265 Å². The Balaban J connectivity index is 4.79. The molecule has 0 radical (unpaired) electrons. The summed E-state index contributed by atoms with van der Waals surface area (Å²) < 4.78 is 39.4. The molecular weight excluding hydrogens is 952 g/mol. The molecule has 428 valence electrons. The van der Waals surface area contributed by atoms with Crippen LogP contribution in [0, 0.1) is 0 Å². The number of aliphatic hydroxyl groups excluding tert-OH is 1. The first kappa shape index (κ1) is 70.9. The predicted molar refractivity (Wildman–Crippen MR) is 307 cm³/mol. The molecule has 11 nitrogen and oxygen atoms in total. The zero-order valence-corrected chi connectivity index (χ0v) is 48.2. The average molecular weight is 1060 g/mol. The molecule has 12 heteroatoms. The molecule has 3 unspecified atom stereocenters. The summed E-state index contributed by atoms with van der Waals surface area (Å²) in [5.41, 5.74) is 0. The first-order valence-corrected chi connectivity index (χ1v) is 31.3. The maximum Gasteiger partial charge on any atom is 0.472 e. The third-order valence-corrected chi connectivity index (χ3v) is 13.6. The fraction of sp³-hybridized carbons (Fsp3) is 0.758. The molecule has 0 aromatic heterocycles. The van der Waals surface area contributed by atoms with Crippen LogP contribution in [-0.2, 0) is 42.2 Å². The third kappa shape index (κ3) is 53.7. The molecule has 3 atom stereocenters. The van der Waals surface area contributed by atoms with Gasteiger partial charge in [-0.1, -0.05) is 248 Å². The number of allylic oxidation sites excluding steroid dienone is 11. The molecule has 0 aliphatic heterocycles. The molecule has 0 aliphatic carbocycles. The van der Waals surface area contributed by atoms with Crippen LogP contribution in [0.5, 0.6) is 0 Å². The number of hydrogen-bond donors (Lipinski definition) is 2. The molecule has 74 heavy (non-hydrogen) atoms. The van der Waals surface area contributed by atoms with Crippen LogP contribution in [0.25, 0.3) is 0 Å². The van der Waals surface area contributed by atoms with Gasteiger partial charge in [0.2, 0.25) is 0 Å². The molecule has 0 aromatic carbocycles. The van der Waals surface area contributed by atoms with E-state index in [2.05, 4.69) is 75.5 Å². The van der Waals surface area contributed by atoms with Gasteiger partial charge >= 0.3 is 25.7 Å². The number of rotatable bonds is 55. The summed E-state index contributed by atoms with van der Waals surface area (Å²) in [4.78, 5) is 48.5. The van der Waals surface area contributed by atoms with Crippen molar-refractivity contribution in [2.24, 2.45) is 0 Å². The maximum atomic E-state index is 12.9. The lowest BCUT2D eigenvalue weighted by molar-refractivity contribution is -0.161. The van der Waals surface area contributed by atoms with Crippen molar-refractivity contribution in [2.45, 2.75) is 277 Å². The Bertz CT molecular complexity index is 1520. The van der Waals surface area contributed by atoms with Crippen molar-refractivity contribution in [1.82, 2.24) is 0 Å². The SMILES string of the molecule is CC/C=C\C/C=C\C/C=C\C/C=C\C/C=C\CC(=O)OCC(COP(=O)(O)OCC(CO)OC(=O)CCCCCCCCCCCCCCCCC)OC(=O)CCCCCCCCC/C=C\CCCCCCCC. The number of ether oxygens (including phenoxy) is 3. The minimum atomic E-state index is -4.77. The van der Waals surface area contributed by atoms with Crippen molar-refractivity contribution in [3.8, 4) is 0 Å². The first-order valence-electron chi connectivity index (χ1n) is 29.8. The molecule has 2 N–H and O–H groups in total. The van der Waals surface area contributed by atoms with E-state index < -0.39 is 57.8 Å². The summed E-state index contributed by atoms with van der Waals surface area (Å²) in [6.45, 7) is 4.44. The number of hydrogen-bond acceptors (Lipinski definition) is 10. The Kier molecular flexibility index (Phi) is 53.8. The molecule has 0 spiro atoms. The number of carbonyl (C=O) groups excluding carboxylic acids is 3. The van der Waals surface area contributed by atoms with Crippen LogP contribution >= 0.6 is 7.82 Å². The van der Waals surface area contributed by atoms with Crippen molar-refractivity contribution in [3.05, 3.63) is 72.9 Å². The summed E-state index contributed by atoms with van der Waals surface area (Å²) in [6, 6.07) is 0. The largest absolute Gasteiger partial charge is 0.472 e. The Morgan fingerprint density at radius 3 is 1.14 bits per heavy atom. The van der Waals surface area contributed by atoms with E-state index in [4.69, 9.17) is 23.3 Å². The fourth-order valence-electron chi connectivity index (χ4n) is 8.13. The number of unbranched alkanes of at least 4 members (excludes halogenated alkanes) is 27. The molecule has 0 aromatic rings. The molecule has 0 saturated heterocycles. The van der Waals surface area contributed by atoms with E-state index >= 15 is 0 Å². The number of phosphoric acid groups is 1. The van der Waals surface area contributed by atoms with Gasteiger partial charge in [-0.3, -0.25) is 23.4 Å². The lowest BCUT2D eigenvalue weighted by Crippen LogP contribution is -2.30. The van der Waals surface area contributed by atoms with Crippen LogP contribution in [0.2, 0.25) is 0 Å². The summed E-state index contributed by atoms with van der Waals surface area (Å²) in [5, 5.41) is 9.82. The first-order chi connectivity index (χ1) is 36.2. The Hall–Kier alpha value is -3.08. The van der Waals surface area contributed by atoms with Gasteiger partial charge in [0.25, 0.3) is 0 Å².